The third kappa shape index (κ3) is 2.89. The molecule has 0 aliphatic carbocycles. The molecule has 1 aromatic heterocycles. The van der Waals surface area contributed by atoms with Gasteiger partial charge in [0.15, 0.2) is 5.82 Å². The van der Waals surface area contributed by atoms with Crippen molar-refractivity contribution in [2.24, 2.45) is 5.73 Å². The molecule has 1 fully saturated rings. The van der Waals surface area contributed by atoms with Crippen molar-refractivity contribution in [1.29, 1.82) is 0 Å². The summed E-state index contributed by atoms with van der Waals surface area (Å²) in [5.41, 5.74) is 6.99. The van der Waals surface area contributed by atoms with Crippen molar-refractivity contribution < 1.29 is 0 Å². The number of aromatic nitrogens is 3. The second kappa shape index (κ2) is 5.83. The van der Waals surface area contributed by atoms with E-state index in [0.717, 1.165) is 52.2 Å². The van der Waals surface area contributed by atoms with Crippen LogP contribution in [-0.4, -0.2) is 34.3 Å². The fourth-order valence-electron chi connectivity index (χ4n) is 2.39. The lowest BCUT2D eigenvalue weighted by atomic mass is 10.1. The molecule has 1 atom stereocenters. The van der Waals surface area contributed by atoms with E-state index in [1.165, 1.54) is 0 Å². The molecule has 3 rings (SSSR count). The van der Waals surface area contributed by atoms with Gasteiger partial charge in [0.25, 0.3) is 0 Å². The van der Waals surface area contributed by atoms with Gasteiger partial charge in [-0.2, -0.15) is 4.98 Å². The molecule has 1 aromatic carbocycles. The van der Waals surface area contributed by atoms with E-state index in [1.54, 1.807) is 0 Å². The monoisotopic (exact) mass is 399 g/mol. The van der Waals surface area contributed by atoms with Gasteiger partial charge in [0.2, 0.25) is 5.95 Å². The summed E-state index contributed by atoms with van der Waals surface area (Å²) in [4.78, 5) is 6.73. The molecule has 1 aliphatic heterocycles. The Hall–Kier alpha value is -0.920. The largest absolute Gasteiger partial charge is 0.338 e. The van der Waals surface area contributed by atoms with Crippen molar-refractivity contribution in [2.75, 3.05) is 18.0 Å². The van der Waals surface area contributed by atoms with Gasteiger partial charge in [-0.15, -0.1) is 5.10 Å². The number of nitrogens with two attached hydrogens (primary N) is 1. The van der Waals surface area contributed by atoms with Crippen LogP contribution in [0.4, 0.5) is 5.95 Å². The van der Waals surface area contributed by atoms with Crippen LogP contribution in [0.1, 0.15) is 12.8 Å². The summed E-state index contributed by atoms with van der Waals surface area (Å²) in [6, 6.07) is 6.19. The Morgan fingerprint density at radius 2 is 2.20 bits per heavy atom. The maximum absolute atomic E-state index is 6.00. The fourth-order valence-corrected chi connectivity index (χ4v) is 3.62. The number of halogens is 2. The zero-order chi connectivity index (χ0) is 14.1. The Bertz CT molecular complexity index is 613. The van der Waals surface area contributed by atoms with Gasteiger partial charge in [-0.25, -0.2) is 0 Å². The number of anilines is 1. The molecule has 7 heteroatoms. The Labute approximate surface area is 134 Å². The minimum Gasteiger partial charge on any atom is -0.338 e. The molecule has 1 aliphatic rings. The summed E-state index contributed by atoms with van der Waals surface area (Å²) in [5, 5.41) is 7.32. The minimum atomic E-state index is 0.213. The summed E-state index contributed by atoms with van der Waals surface area (Å²) in [7, 11) is 0. The van der Waals surface area contributed by atoms with E-state index in [9.17, 15) is 0 Å². The highest BCUT2D eigenvalue weighted by Crippen LogP contribution is 2.29. The Morgan fingerprint density at radius 1 is 1.35 bits per heavy atom. The van der Waals surface area contributed by atoms with Crippen molar-refractivity contribution in [3.63, 3.8) is 0 Å². The normalized spacial score (nSPS) is 19.4. The van der Waals surface area contributed by atoms with Crippen LogP contribution in [0, 0.1) is 0 Å². The summed E-state index contributed by atoms with van der Waals surface area (Å²) in [6.07, 6.45) is 2.17. The molecule has 3 N–H and O–H groups in total. The molecule has 1 saturated heterocycles. The number of rotatable bonds is 2. The predicted octanol–water partition coefficient (Wildman–Crippen LogP) is 2.92. The zero-order valence-corrected chi connectivity index (χ0v) is 14.0. The van der Waals surface area contributed by atoms with E-state index in [2.05, 4.69) is 51.9 Å². The average Bonchev–Trinajstić information content (AvgIpc) is 2.88. The van der Waals surface area contributed by atoms with Crippen LogP contribution >= 0.6 is 31.9 Å². The third-order valence-corrected chi connectivity index (χ3v) is 4.55. The van der Waals surface area contributed by atoms with Crippen LogP contribution in [0.15, 0.2) is 27.1 Å². The Kier molecular flexibility index (Phi) is 4.09. The van der Waals surface area contributed by atoms with Gasteiger partial charge in [0, 0.05) is 33.6 Å². The van der Waals surface area contributed by atoms with Crippen LogP contribution in [0.5, 0.6) is 0 Å². The number of hydrogen-bond donors (Lipinski definition) is 2. The molecule has 0 radical (unpaired) electrons. The second-order valence-corrected chi connectivity index (χ2v) is 6.73. The van der Waals surface area contributed by atoms with Crippen LogP contribution < -0.4 is 10.6 Å². The highest BCUT2D eigenvalue weighted by molar-refractivity contribution is 9.11. The first-order valence-corrected chi connectivity index (χ1v) is 8.10. The van der Waals surface area contributed by atoms with Crippen molar-refractivity contribution in [2.45, 2.75) is 18.9 Å². The standard InChI is InChI=1S/C13H15Br2N5/c14-8-3-4-10(11(15)6-8)12-17-13(19-18-12)20-5-1-2-9(16)7-20/h3-4,6,9H,1-2,5,7,16H2,(H,17,18,19). The van der Waals surface area contributed by atoms with Gasteiger partial charge >= 0.3 is 0 Å². The fraction of sp³-hybridized carbons (Fsp3) is 0.385. The van der Waals surface area contributed by atoms with E-state index < -0.39 is 0 Å². The van der Waals surface area contributed by atoms with E-state index in [-0.39, 0.29) is 6.04 Å². The topological polar surface area (TPSA) is 70.8 Å². The van der Waals surface area contributed by atoms with E-state index in [4.69, 9.17) is 5.73 Å². The van der Waals surface area contributed by atoms with Crippen molar-refractivity contribution >= 4 is 37.8 Å². The third-order valence-electron chi connectivity index (χ3n) is 3.40. The highest BCUT2D eigenvalue weighted by atomic mass is 79.9. The Morgan fingerprint density at radius 3 is 2.95 bits per heavy atom. The Balaban J connectivity index is 1.86. The molecule has 1 unspecified atom stereocenters. The highest BCUT2D eigenvalue weighted by Gasteiger charge is 2.20. The number of aromatic amines is 1. The lowest BCUT2D eigenvalue weighted by molar-refractivity contribution is 0.500. The first kappa shape index (κ1) is 14.0. The number of nitrogens with zero attached hydrogens (tertiary/aromatic N) is 3. The average molecular weight is 401 g/mol. The second-order valence-electron chi connectivity index (χ2n) is 4.96. The van der Waals surface area contributed by atoms with Crippen LogP contribution in [-0.2, 0) is 0 Å². The number of hydrogen-bond acceptors (Lipinski definition) is 4. The number of H-pyrrole nitrogens is 1. The summed E-state index contributed by atoms with van der Waals surface area (Å²) in [6.45, 7) is 1.78. The molecule has 0 spiro atoms. The van der Waals surface area contributed by atoms with Crippen molar-refractivity contribution in [3.8, 4) is 11.4 Å². The van der Waals surface area contributed by atoms with Gasteiger partial charge in [-0.1, -0.05) is 15.9 Å². The van der Waals surface area contributed by atoms with Gasteiger partial charge in [0.05, 0.1) is 0 Å². The molecule has 0 bridgehead atoms. The van der Waals surface area contributed by atoms with Gasteiger partial charge < -0.3 is 10.6 Å². The maximum Gasteiger partial charge on any atom is 0.245 e. The van der Waals surface area contributed by atoms with Crippen LogP contribution in [0.25, 0.3) is 11.4 Å². The molecule has 20 heavy (non-hydrogen) atoms. The number of benzene rings is 1. The molecule has 0 saturated carbocycles. The lowest BCUT2D eigenvalue weighted by Crippen LogP contribution is -2.43. The van der Waals surface area contributed by atoms with E-state index in [0.29, 0.717) is 0 Å². The maximum atomic E-state index is 6.00. The van der Waals surface area contributed by atoms with Gasteiger partial charge in [-0.05, 0) is 47.0 Å². The molecule has 5 nitrogen and oxygen atoms in total. The van der Waals surface area contributed by atoms with Crippen LogP contribution in [0.2, 0.25) is 0 Å². The molecular formula is C13H15Br2N5. The molecular weight excluding hydrogens is 386 g/mol. The van der Waals surface area contributed by atoms with Gasteiger partial charge in [-0.3, -0.25) is 5.10 Å². The number of piperidine rings is 1. The SMILES string of the molecule is NC1CCCN(c2n[nH]c(-c3ccc(Br)cc3Br)n2)C1. The zero-order valence-electron chi connectivity index (χ0n) is 10.8. The predicted molar refractivity (Wildman–Crippen MR) is 86.6 cm³/mol. The quantitative estimate of drug-likeness (QED) is 0.812. The molecule has 2 aromatic rings. The lowest BCUT2D eigenvalue weighted by Gasteiger charge is -2.29. The molecule has 0 amide bonds. The summed E-state index contributed by atoms with van der Waals surface area (Å²) >= 11 is 6.99. The molecule has 106 valence electrons. The van der Waals surface area contributed by atoms with Gasteiger partial charge in [0.1, 0.15) is 0 Å². The van der Waals surface area contributed by atoms with Crippen molar-refractivity contribution in [3.05, 3.63) is 27.1 Å². The first-order chi connectivity index (χ1) is 9.63. The van der Waals surface area contributed by atoms with E-state index >= 15 is 0 Å². The summed E-state index contributed by atoms with van der Waals surface area (Å²) in [5.74, 6) is 1.49. The molecule has 2 heterocycles. The number of nitrogens with one attached hydrogen (secondary N) is 1. The van der Waals surface area contributed by atoms with E-state index in [1.807, 2.05) is 18.2 Å². The first-order valence-electron chi connectivity index (χ1n) is 6.52. The van der Waals surface area contributed by atoms with Crippen LogP contribution in [0.3, 0.4) is 0 Å². The summed E-state index contributed by atoms with van der Waals surface area (Å²) < 4.78 is 2.00. The smallest absolute Gasteiger partial charge is 0.245 e. The van der Waals surface area contributed by atoms with Crippen molar-refractivity contribution in [1.82, 2.24) is 15.2 Å². The minimum absolute atomic E-state index is 0.213.